The van der Waals surface area contributed by atoms with Crippen molar-refractivity contribution < 1.29 is 0 Å². The van der Waals surface area contributed by atoms with E-state index < -0.39 is 8.07 Å². The van der Waals surface area contributed by atoms with Gasteiger partial charge in [0.2, 0.25) is 0 Å². The number of hydrogen-bond donors (Lipinski definition) is 0. The van der Waals surface area contributed by atoms with Gasteiger partial charge in [0.1, 0.15) is 0 Å². The lowest BCUT2D eigenvalue weighted by Crippen LogP contribution is -2.72. The van der Waals surface area contributed by atoms with Crippen LogP contribution in [0, 0.1) is 0 Å². The van der Waals surface area contributed by atoms with Crippen molar-refractivity contribution in [2.24, 2.45) is 0 Å². The fourth-order valence-corrected chi connectivity index (χ4v) is 17.1. The summed E-state index contributed by atoms with van der Waals surface area (Å²) in [5, 5.41) is 8.13. The zero-order valence-electron chi connectivity index (χ0n) is 37.9. The third-order valence-electron chi connectivity index (χ3n) is 15.0. The largest absolute Gasteiger partial charge is 0.310 e. The highest BCUT2D eigenvalue weighted by atomic mass is 28.3. The zero-order chi connectivity index (χ0) is 45.2. The summed E-state index contributed by atoms with van der Waals surface area (Å²) in [5.41, 5.74) is 17.1. The first-order chi connectivity index (χ1) is 33.6. The molecule has 0 radical (unpaired) electrons. The van der Waals surface area contributed by atoms with Crippen LogP contribution in [0.2, 0.25) is 0 Å². The highest BCUT2D eigenvalue weighted by Gasteiger charge is 2.48. The summed E-state index contributed by atoms with van der Waals surface area (Å²) in [6, 6.07) is 99.9. The predicted octanol–water partition coefficient (Wildman–Crippen LogP) is 14.3. The summed E-state index contributed by atoms with van der Waals surface area (Å²) in [6.45, 7) is 2.40. The Labute approximate surface area is 399 Å². The third kappa shape index (κ3) is 6.08. The van der Waals surface area contributed by atoms with Crippen LogP contribution in [0.5, 0.6) is 0 Å². The second-order valence-electron chi connectivity index (χ2n) is 18.5. The molecule has 0 aromatic heterocycles. The molecule has 11 aromatic carbocycles. The van der Waals surface area contributed by atoms with Gasteiger partial charge < -0.3 is 4.90 Å². The molecular weight excluding hydrogens is 835 g/mol. The van der Waals surface area contributed by atoms with Gasteiger partial charge in [-0.15, -0.1) is 0 Å². The zero-order valence-corrected chi connectivity index (χ0v) is 38.9. The maximum atomic E-state index is 2.52. The molecule has 2 heteroatoms. The van der Waals surface area contributed by atoms with Crippen LogP contribution in [0.15, 0.2) is 267 Å². The van der Waals surface area contributed by atoms with Gasteiger partial charge in [0.05, 0.1) is 0 Å². The number of hydrogen-bond acceptors (Lipinski definition) is 1. The molecule has 320 valence electrons. The minimum atomic E-state index is -2.70. The van der Waals surface area contributed by atoms with Crippen molar-refractivity contribution >= 4 is 56.7 Å². The molecule has 0 saturated heterocycles. The molecule has 1 heterocycles. The van der Waals surface area contributed by atoms with E-state index in [0.717, 1.165) is 17.1 Å². The minimum Gasteiger partial charge on any atom is -0.310 e. The molecule has 0 saturated carbocycles. The van der Waals surface area contributed by atoms with E-state index in [0.29, 0.717) is 0 Å². The van der Waals surface area contributed by atoms with E-state index in [-0.39, 0.29) is 5.41 Å². The van der Waals surface area contributed by atoms with Crippen LogP contribution in [0.25, 0.3) is 55.3 Å². The standard InChI is InChI=1S/C66H47NSi/c1-66(50-25-7-3-8-26-50)62-33-16-13-30-57(62)58-41-39-53(45-63(58)66)67(51-37-36-46-20-11-12-23-48(46)42-51)52-38-40-56(61(44-52)47-21-5-2-6-22-47)49-24-19-29-55(43-49)68(54-27-9-4-10-28-54)64-34-17-14-31-59(64)60-32-15-18-35-65(60)68/h2-45H,1H3. The highest BCUT2D eigenvalue weighted by Crippen LogP contribution is 2.54. The SMILES string of the molecule is CC1(c2ccccc2)c2ccccc2-c2ccc(N(c3ccc(-c4cccc([Si]5(c6ccccc6)c6ccccc6-c6ccccc65)c4)c(-c4ccccc4)c3)c3ccc4ccccc4c3)cc21. The van der Waals surface area contributed by atoms with Crippen molar-refractivity contribution in [1.82, 2.24) is 0 Å². The molecule has 0 amide bonds. The Kier molecular flexibility index (Phi) is 9.38. The van der Waals surface area contributed by atoms with Gasteiger partial charge in [-0.3, -0.25) is 0 Å². The number of rotatable bonds is 8. The normalized spacial score (nSPS) is 15.0. The number of fused-ring (bicyclic) bond motifs is 7. The van der Waals surface area contributed by atoms with Gasteiger partial charge in [-0.25, -0.2) is 0 Å². The summed E-state index contributed by atoms with van der Waals surface area (Å²) >= 11 is 0. The molecule has 0 fully saturated rings. The lowest BCUT2D eigenvalue weighted by Gasteiger charge is -2.32. The van der Waals surface area contributed by atoms with Crippen molar-refractivity contribution in [3.8, 4) is 44.5 Å². The summed E-state index contributed by atoms with van der Waals surface area (Å²) in [4.78, 5) is 2.47. The Morgan fingerprint density at radius 1 is 0.309 bits per heavy atom. The molecule has 11 aromatic rings. The van der Waals surface area contributed by atoms with Crippen molar-refractivity contribution in [1.29, 1.82) is 0 Å². The molecule has 13 rings (SSSR count). The molecule has 1 unspecified atom stereocenters. The first kappa shape index (κ1) is 40.0. The van der Waals surface area contributed by atoms with Gasteiger partial charge in [0, 0.05) is 22.5 Å². The van der Waals surface area contributed by atoms with Crippen LogP contribution in [0.4, 0.5) is 17.1 Å². The van der Waals surface area contributed by atoms with Crippen molar-refractivity contribution in [3.63, 3.8) is 0 Å². The first-order valence-electron chi connectivity index (χ1n) is 23.7. The summed E-state index contributed by atoms with van der Waals surface area (Å²) in [7, 11) is -2.70. The van der Waals surface area contributed by atoms with Crippen LogP contribution in [-0.4, -0.2) is 8.07 Å². The summed E-state index contributed by atoms with van der Waals surface area (Å²) in [5.74, 6) is 0. The average Bonchev–Trinajstić information content (AvgIpc) is 3.86. The van der Waals surface area contributed by atoms with Gasteiger partial charge in [0.25, 0.3) is 0 Å². The van der Waals surface area contributed by atoms with E-state index in [2.05, 4.69) is 279 Å². The Morgan fingerprint density at radius 3 is 1.56 bits per heavy atom. The molecule has 1 aliphatic carbocycles. The van der Waals surface area contributed by atoms with Crippen molar-refractivity contribution in [3.05, 3.63) is 284 Å². The lowest BCUT2D eigenvalue weighted by molar-refractivity contribution is 0.714. The van der Waals surface area contributed by atoms with E-state index in [1.54, 1.807) is 0 Å². The van der Waals surface area contributed by atoms with E-state index >= 15 is 0 Å². The third-order valence-corrected chi connectivity index (χ3v) is 19.9. The van der Waals surface area contributed by atoms with Crippen LogP contribution >= 0.6 is 0 Å². The quantitative estimate of drug-likeness (QED) is 0.137. The maximum Gasteiger partial charge on any atom is 0.180 e. The fraction of sp³-hybridized carbons (Fsp3) is 0.0303. The molecular formula is C66H47NSi. The van der Waals surface area contributed by atoms with Crippen LogP contribution < -0.4 is 25.6 Å². The average molecular weight is 882 g/mol. The molecule has 0 bridgehead atoms. The van der Waals surface area contributed by atoms with Gasteiger partial charge in [-0.2, -0.15) is 0 Å². The van der Waals surface area contributed by atoms with Gasteiger partial charge >= 0.3 is 0 Å². The highest BCUT2D eigenvalue weighted by molar-refractivity contribution is 7.22. The monoisotopic (exact) mass is 881 g/mol. The number of benzene rings is 11. The molecule has 0 spiro atoms. The molecule has 68 heavy (non-hydrogen) atoms. The van der Waals surface area contributed by atoms with E-state index in [4.69, 9.17) is 0 Å². The topological polar surface area (TPSA) is 3.24 Å². The van der Waals surface area contributed by atoms with E-state index in [9.17, 15) is 0 Å². The van der Waals surface area contributed by atoms with Crippen LogP contribution in [-0.2, 0) is 5.41 Å². The number of anilines is 3. The van der Waals surface area contributed by atoms with Crippen LogP contribution in [0.3, 0.4) is 0 Å². The molecule has 1 nitrogen and oxygen atoms in total. The molecule has 0 N–H and O–H groups in total. The minimum absolute atomic E-state index is 0.330. The van der Waals surface area contributed by atoms with Crippen molar-refractivity contribution in [2.75, 3.05) is 4.90 Å². The van der Waals surface area contributed by atoms with Gasteiger partial charge in [0.15, 0.2) is 8.07 Å². The Balaban J connectivity index is 1.02. The summed E-state index contributed by atoms with van der Waals surface area (Å²) in [6.07, 6.45) is 0. The Bertz CT molecular complexity index is 3660. The summed E-state index contributed by atoms with van der Waals surface area (Å²) < 4.78 is 0. The predicted molar refractivity (Wildman–Crippen MR) is 290 cm³/mol. The number of nitrogens with zero attached hydrogens (tertiary/aromatic N) is 1. The fourth-order valence-electron chi connectivity index (χ4n) is 11.9. The lowest BCUT2D eigenvalue weighted by atomic mass is 9.74. The van der Waals surface area contributed by atoms with E-state index in [1.807, 2.05) is 0 Å². The molecule has 1 aliphatic heterocycles. The van der Waals surface area contributed by atoms with Gasteiger partial charge in [-0.05, 0) is 136 Å². The smallest absolute Gasteiger partial charge is 0.180 e. The molecule has 2 aliphatic rings. The van der Waals surface area contributed by atoms with Crippen molar-refractivity contribution in [2.45, 2.75) is 12.3 Å². The van der Waals surface area contributed by atoms with Gasteiger partial charge in [-0.1, -0.05) is 231 Å². The second-order valence-corrected chi connectivity index (χ2v) is 22.2. The van der Waals surface area contributed by atoms with Crippen LogP contribution in [0.1, 0.15) is 23.6 Å². The second kappa shape index (κ2) is 15.9. The van der Waals surface area contributed by atoms with E-state index in [1.165, 1.54) is 92.7 Å². The Morgan fingerprint density at radius 2 is 0.824 bits per heavy atom. The Hall–Kier alpha value is -8.30. The maximum absolute atomic E-state index is 2.70. The molecule has 1 atom stereocenters. The first-order valence-corrected chi connectivity index (χ1v) is 25.7.